The average molecular weight is 357 g/mol. The van der Waals surface area contributed by atoms with Crippen LogP contribution < -0.4 is 10.5 Å². The quantitative estimate of drug-likeness (QED) is 0.880. The first kappa shape index (κ1) is 16.7. The molecule has 0 aromatic heterocycles. The standard InChI is InChI=1S/C16H25BrN2O2/c1-11-6-7-19(10-16(11)21-3)14(9-18)12-4-5-15(20-2)13(17)8-12/h4-5,8,11,14,16H,6-7,9-10,18H2,1-3H3. The SMILES string of the molecule is COc1ccc(C(CN)N2CCC(C)C(OC)C2)cc1Br. The molecule has 2 rings (SSSR count). The molecule has 1 aromatic carbocycles. The molecule has 1 aliphatic rings. The minimum atomic E-state index is 0.220. The van der Waals surface area contributed by atoms with Crippen molar-refractivity contribution >= 4 is 15.9 Å². The van der Waals surface area contributed by atoms with E-state index >= 15 is 0 Å². The van der Waals surface area contributed by atoms with Gasteiger partial charge in [0.05, 0.1) is 17.7 Å². The average Bonchev–Trinajstić information content (AvgIpc) is 2.49. The normalized spacial score (nSPS) is 24.8. The smallest absolute Gasteiger partial charge is 0.133 e. The summed E-state index contributed by atoms with van der Waals surface area (Å²) in [6.45, 7) is 4.85. The molecule has 4 nitrogen and oxygen atoms in total. The summed E-state index contributed by atoms with van der Waals surface area (Å²) in [5.41, 5.74) is 7.27. The molecule has 0 radical (unpaired) electrons. The third kappa shape index (κ3) is 3.77. The highest BCUT2D eigenvalue weighted by molar-refractivity contribution is 9.10. The van der Waals surface area contributed by atoms with Gasteiger partial charge in [0, 0.05) is 26.2 Å². The van der Waals surface area contributed by atoms with E-state index in [2.05, 4.69) is 39.9 Å². The third-order valence-corrected chi connectivity index (χ3v) is 5.07. The molecule has 21 heavy (non-hydrogen) atoms. The lowest BCUT2D eigenvalue weighted by molar-refractivity contribution is -0.0183. The van der Waals surface area contributed by atoms with Crippen molar-refractivity contribution in [3.8, 4) is 5.75 Å². The second kappa shape index (κ2) is 7.58. The first-order chi connectivity index (χ1) is 10.1. The summed E-state index contributed by atoms with van der Waals surface area (Å²) in [6.07, 6.45) is 1.43. The van der Waals surface area contributed by atoms with Crippen LogP contribution in [0.2, 0.25) is 0 Å². The molecule has 1 fully saturated rings. The van der Waals surface area contributed by atoms with Gasteiger partial charge in [-0.05, 0) is 52.5 Å². The number of likely N-dealkylation sites (tertiary alicyclic amines) is 1. The fourth-order valence-electron chi connectivity index (χ4n) is 3.03. The van der Waals surface area contributed by atoms with Gasteiger partial charge >= 0.3 is 0 Å². The molecule has 0 amide bonds. The highest BCUT2D eigenvalue weighted by Crippen LogP contribution is 2.32. The van der Waals surface area contributed by atoms with E-state index in [1.807, 2.05) is 6.07 Å². The van der Waals surface area contributed by atoms with Crippen LogP contribution >= 0.6 is 15.9 Å². The van der Waals surface area contributed by atoms with Crippen LogP contribution in [0.25, 0.3) is 0 Å². The Hall–Kier alpha value is -0.620. The van der Waals surface area contributed by atoms with Crippen LogP contribution in [0.15, 0.2) is 22.7 Å². The molecule has 0 aliphatic carbocycles. The van der Waals surface area contributed by atoms with E-state index in [-0.39, 0.29) is 12.1 Å². The van der Waals surface area contributed by atoms with E-state index in [0.717, 1.165) is 29.7 Å². The summed E-state index contributed by atoms with van der Waals surface area (Å²) >= 11 is 3.55. The van der Waals surface area contributed by atoms with Gasteiger partial charge in [0.1, 0.15) is 5.75 Å². The van der Waals surface area contributed by atoms with Crippen molar-refractivity contribution in [1.29, 1.82) is 0 Å². The highest BCUT2D eigenvalue weighted by atomic mass is 79.9. The molecule has 3 atom stereocenters. The Morgan fingerprint density at radius 1 is 1.43 bits per heavy atom. The Morgan fingerprint density at radius 2 is 2.19 bits per heavy atom. The maximum Gasteiger partial charge on any atom is 0.133 e. The first-order valence-corrected chi connectivity index (χ1v) is 8.20. The molecule has 3 unspecified atom stereocenters. The number of hydrogen-bond acceptors (Lipinski definition) is 4. The fraction of sp³-hybridized carbons (Fsp3) is 0.625. The Labute approximate surface area is 135 Å². The van der Waals surface area contributed by atoms with Gasteiger partial charge in [-0.1, -0.05) is 13.0 Å². The van der Waals surface area contributed by atoms with Crippen LogP contribution in [0, 0.1) is 5.92 Å². The maximum absolute atomic E-state index is 6.05. The van der Waals surface area contributed by atoms with Crippen molar-refractivity contribution in [3.63, 3.8) is 0 Å². The number of halogens is 1. The van der Waals surface area contributed by atoms with Crippen LogP contribution in [-0.4, -0.2) is 44.9 Å². The minimum absolute atomic E-state index is 0.220. The molecule has 0 saturated carbocycles. The number of hydrogen-bond donors (Lipinski definition) is 1. The summed E-state index contributed by atoms with van der Waals surface area (Å²) < 4.78 is 11.9. The van der Waals surface area contributed by atoms with E-state index in [4.69, 9.17) is 15.2 Å². The van der Waals surface area contributed by atoms with Gasteiger partial charge in [0.15, 0.2) is 0 Å². The molecule has 2 N–H and O–H groups in total. The molecule has 118 valence electrons. The molecular formula is C16H25BrN2O2. The highest BCUT2D eigenvalue weighted by Gasteiger charge is 2.30. The topological polar surface area (TPSA) is 47.7 Å². The minimum Gasteiger partial charge on any atom is -0.496 e. The van der Waals surface area contributed by atoms with Crippen LogP contribution in [0.3, 0.4) is 0 Å². The zero-order chi connectivity index (χ0) is 15.4. The lowest BCUT2D eigenvalue weighted by Gasteiger charge is -2.40. The largest absolute Gasteiger partial charge is 0.496 e. The second-order valence-electron chi connectivity index (χ2n) is 5.68. The summed E-state index contributed by atoms with van der Waals surface area (Å²) in [5.74, 6) is 1.45. The molecule has 0 bridgehead atoms. The van der Waals surface area contributed by atoms with E-state index < -0.39 is 0 Å². The van der Waals surface area contributed by atoms with Gasteiger partial charge in [-0.25, -0.2) is 0 Å². The fourth-order valence-corrected chi connectivity index (χ4v) is 3.59. The van der Waals surface area contributed by atoms with Gasteiger partial charge < -0.3 is 15.2 Å². The molecule has 1 aromatic rings. The first-order valence-electron chi connectivity index (χ1n) is 7.41. The number of methoxy groups -OCH3 is 2. The Bertz CT molecular complexity index is 470. The van der Waals surface area contributed by atoms with Crippen molar-refractivity contribution in [2.45, 2.75) is 25.5 Å². The van der Waals surface area contributed by atoms with E-state index in [9.17, 15) is 0 Å². The van der Waals surface area contributed by atoms with Gasteiger partial charge in [-0.2, -0.15) is 0 Å². The van der Waals surface area contributed by atoms with Crippen LogP contribution in [0.4, 0.5) is 0 Å². The summed E-state index contributed by atoms with van der Waals surface area (Å²) in [6, 6.07) is 6.41. The van der Waals surface area contributed by atoms with Crippen LogP contribution in [0.5, 0.6) is 5.75 Å². The van der Waals surface area contributed by atoms with Crippen molar-refractivity contribution in [3.05, 3.63) is 28.2 Å². The predicted octanol–water partition coefficient (Wildman–Crippen LogP) is 2.81. The number of piperidine rings is 1. The number of nitrogens with two attached hydrogens (primary N) is 1. The lowest BCUT2D eigenvalue weighted by atomic mass is 9.93. The molecule has 1 aliphatic heterocycles. The van der Waals surface area contributed by atoms with Gasteiger partial charge in [0.25, 0.3) is 0 Å². The summed E-state index contributed by atoms with van der Waals surface area (Å²) in [5, 5.41) is 0. The van der Waals surface area contributed by atoms with Gasteiger partial charge in [-0.15, -0.1) is 0 Å². The predicted molar refractivity (Wildman–Crippen MR) is 88.6 cm³/mol. The molecular weight excluding hydrogens is 332 g/mol. The number of rotatable bonds is 5. The van der Waals surface area contributed by atoms with Crippen molar-refractivity contribution < 1.29 is 9.47 Å². The second-order valence-corrected chi connectivity index (χ2v) is 6.53. The molecule has 5 heteroatoms. The van der Waals surface area contributed by atoms with Crippen LogP contribution in [0.1, 0.15) is 24.9 Å². The molecule has 0 spiro atoms. The number of benzene rings is 1. The van der Waals surface area contributed by atoms with E-state index in [1.165, 1.54) is 5.56 Å². The Balaban J connectivity index is 2.17. The Morgan fingerprint density at radius 3 is 2.76 bits per heavy atom. The van der Waals surface area contributed by atoms with Crippen molar-refractivity contribution in [1.82, 2.24) is 4.90 Å². The van der Waals surface area contributed by atoms with E-state index in [0.29, 0.717) is 12.5 Å². The van der Waals surface area contributed by atoms with E-state index in [1.54, 1.807) is 14.2 Å². The summed E-state index contributed by atoms with van der Waals surface area (Å²) in [4.78, 5) is 2.43. The monoisotopic (exact) mass is 356 g/mol. The third-order valence-electron chi connectivity index (χ3n) is 4.45. The van der Waals surface area contributed by atoms with Gasteiger partial charge in [-0.3, -0.25) is 4.90 Å². The Kier molecular flexibility index (Phi) is 6.05. The number of ether oxygens (including phenoxy) is 2. The van der Waals surface area contributed by atoms with Gasteiger partial charge in [0.2, 0.25) is 0 Å². The lowest BCUT2D eigenvalue weighted by Crippen LogP contribution is -2.47. The maximum atomic E-state index is 6.05. The van der Waals surface area contributed by atoms with Crippen LogP contribution in [-0.2, 0) is 4.74 Å². The molecule has 1 heterocycles. The molecule has 1 saturated heterocycles. The van der Waals surface area contributed by atoms with Crippen molar-refractivity contribution in [2.75, 3.05) is 33.9 Å². The number of nitrogens with zero attached hydrogens (tertiary/aromatic N) is 1. The zero-order valence-corrected chi connectivity index (χ0v) is 14.6. The summed E-state index contributed by atoms with van der Waals surface area (Å²) in [7, 11) is 3.47. The van der Waals surface area contributed by atoms with Crippen molar-refractivity contribution in [2.24, 2.45) is 11.7 Å². The zero-order valence-electron chi connectivity index (χ0n) is 13.0.